The summed E-state index contributed by atoms with van der Waals surface area (Å²) in [6, 6.07) is 6.24. The molecular weight excluding hydrogens is 260 g/mol. The van der Waals surface area contributed by atoms with Crippen molar-refractivity contribution in [3.05, 3.63) is 47.7 Å². The summed E-state index contributed by atoms with van der Waals surface area (Å²) in [5.74, 6) is -3.28. The molecule has 0 aromatic heterocycles. The molecule has 5 heteroatoms. The van der Waals surface area contributed by atoms with E-state index in [9.17, 15) is 19.5 Å². The van der Waals surface area contributed by atoms with Gasteiger partial charge >= 0.3 is 5.97 Å². The number of rotatable bonds is 3. The lowest BCUT2D eigenvalue weighted by Crippen LogP contribution is -2.34. The van der Waals surface area contributed by atoms with Crippen LogP contribution in [-0.2, 0) is 19.1 Å². The number of ether oxygens (including phenoxy) is 1. The largest absolute Gasteiger partial charge is 0.508 e. The summed E-state index contributed by atoms with van der Waals surface area (Å²) in [5, 5.41) is 9.29. The number of phenolic OH excluding ortho intramolecular Hbond substituents is 1. The van der Waals surface area contributed by atoms with Crippen molar-refractivity contribution in [3.63, 3.8) is 0 Å². The Labute approximate surface area is 115 Å². The van der Waals surface area contributed by atoms with Crippen LogP contribution in [0.2, 0.25) is 0 Å². The van der Waals surface area contributed by atoms with E-state index in [1.165, 1.54) is 25.1 Å². The van der Waals surface area contributed by atoms with Crippen molar-refractivity contribution in [2.75, 3.05) is 0 Å². The number of ketones is 2. The molecule has 1 heterocycles. The van der Waals surface area contributed by atoms with Crippen LogP contribution in [0.3, 0.4) is 0 Å². The summed E-state index contributed by atoms with van der Waals surface area (Å²) in [7, 11) is 0. The zero-order valence-corrected chi connectivity index (χ0v) is 10.7. The van der Waals surface area contributed by atoms with Gasteiger partial charge in [0.05, 0.1) is 0 Å². The summed E-state index contributed by atoms with van der Waals surface area (Å²) >= 11 is 0. The van der Waals surface area contributed by atoms with E-state index in [2.05, 4.69) is 0 Å². The molecule has 0 amide bonds. The van der Waals surface area contributed by atoms with Crippen molar-refractivity contribution in [1.82, 2.24) is 0 Å². The molecule has 0 spiro atoms. The topological polar surface area (TPSA) is 80.7 Å². The number of esters is 1. The maximum atomic E-state index is 11.9. The molecule has 5 nitrogen and oxygen atoms in total. The smallest absolute Gasteiger partial charge is 0.329 e. The van der Waals surface area contributed by atoms with Gasteiger partial charge in [-0.05, 0) is 30.7 Å². The van der Waals surface area contributed by atoms with Crippen molar-refractivity contribution in [1.29, 1.82) is 0 Å². The average molecular weight is 272 g/mol. The molecule has 1 aliphatic rings. The second-order valence-corrected chi connectivity index (χ2v) is 4.34. The first-order valence-electron chi connectivity index (χ1n) is 5.92. The van der Waals surface area contributed by atoms with Crippen LogP contribution in [0.15, 0.2) is 42.2 Å². The Morgan fingerprint density at radius 3 is 2.75 bits per heavy atom. The van der Waals surface area contributed by atoms with Gasteiger partial charge in [0.2, 0.25) is 0 Å². The Hall–Kier alpha value is -2.69. The second kappa shape index (κ2) is 5.52. The van der Waals surface area contributed by atoms with Gasteiger partial charge in [-0.25, -0.2) is 0 Å². The summed E-state index contributed by atoms with van der Waals surface area (Å²) in [5.41, 5.74) is 0.585. The number of benzene rings is 1. The van der Waals surface area contributed by atoms with E-state index in [1.807, 2.05) is 0 Å². The van der Waals surface area contributed by atoms with Crippen molar-refractivity contribution in [3.8, 4) is 5.75 Å². The summed E-state index contributed by atoms with van der Waals surface area (Å²) < 4.78 is 4.77. The summed E-state index contributed by atoms with van der Waals surface area (Å²) in [6.07, 6.45) is 3.69. The van der Waals surface area contributed by atoms with Crippen molar-refractivity contribution >= 4 is 23.6 Å². The molecular formula is C15H12O5. The van der Waals surface area contributed by atoms with Gasteiger partial charge in [0.15, 0.2) is 17.5 Å². The highest BCUT2D eigenvalue weighted by atomic mass is 16.5. The molecule has 0 fully saturated rings. The maximum Gasteiger partial charge on any atom is 0.329 e. The van der Waals surface area contributed by atoms with E-state index in [0.717, 1.165) is 12.2 Å². The molecule has 0 radical (unpaired) electrons. The lowest BCUT2D eigenvalue weighted by atomic mass is 9.96. The fourth-order valence-corrected chi connectivity index (χ4v) is 1.81. The molecule has 2 rings (SSSR count). The van der Waals surface area contributed by atoms with Crippen LogP contribution >= 0.6 is 0 Å². The molecule has 1 N–H and O–H groups in total. The number of phenols is 1. The highest BCUT2D eigenvalue weighted by molar-refractivity contribution is 6.25. The molecule has 1 atom stereocenters. The Balaban J connectivity index is 2.16. The van der Waals surface area contributed by atoms with Gasteiger partial charge in [0, 0.05) is 6.08 Å². The van der Waals surface area contributed by atoms with E-state index in [1.54, 1.807) is 12.1 Å². The average Bonchev–Trinajstić information content (AvgIpc) is 2.35. The van der Waals surface area contributed by atoms with Gasteiger partial charge in [0.25, 0.3) is 0 Å². The number of cyclic esters (lactones) is 1. The molecule has 1 aliphatic heterocycles. The highest BCUT2D eigenvalue weighted by Gasteiger charge is 2.36. The summed E-state index contributed by atoms with van der Waals surface area (Å²) in [6.45, 7) is 1.47. The van der Waals surface area contributed by atoms with Crippen LogP contribution in [-0.4, -0.2) is 22.6 Å². The van der Waals surface area contributed by atoms with E-state index in [4.69, 9.17) is 4.74 Å². The Kier molecular flexibility index (Phi) is 3.79. The Morgan fingerprint density at radius 1 is 1.35 bits per heavy atom. The Morgan fingerprint density at radius 2 is 2.10 bits per heavy atom. The zero-order valence-electron chi connectivity index (χ0n) is 10.7. The van der Waals surface area contributed by atoms with Crippen LogP contribution < -0.4 is 0 Å². The minimum absolute atomic E-state index is 0.0614. The van der Waals surface area contributed by atoms with E-state index in [-0.39, 0.29) is 11.5 Å². The number of allylic oxidation sites excluding steroid dienone is 3. The van der Waals surface area contributed by atoms with Gasteiger partial charge in [-0.1, -0.05) is 18.2 Å². The van der Waals surface area contributed by atoms with Crippen molar-refractivity contribution in [2.45, 2.75) is 6.92 Å². The highest BCUT2D eigenvalue weighted by Crippen LogP contribution is 2.17. The van der Waals surface area contributed by atoms with Crippen molar-refractivity contribution < 1.29 is 24.2 Å². The van der Waals surface area contributed by atoms with Crippen LogP contribution in [0.1, 0.15) is 12.5 Å². The molecule has 102 valence electrons. The molecule has 0 saturated carbocycles. The second-order valence-electron chi connectivity index (χ2n) is 4.34. The normalized spacial score (nSPS) is 18.9. The van der Waals surface area contributed by atoms with Crippen LogP contribution in [0.25, 0.3) is 6.08 Å². The molecule has 0 aliphatic carbocycles. The molecule has 1 aromatic rings. The van der Waals surface area contributed by atoms with Crippen LogP contribution in [0.5, 0.6) is 5.75 Å². The number of hydrogen-bond acceptors (Lipinski definition) is 5. The van der Waals surface area contributed by atoms with Crippen LogP contribution in [0, 0.1) is 5.92 Å². The minimum Gasteiger partial charge on any atom is -0.508 e. The monoisotopic (exact) mass is 272 g/mol. The van der Waals surface area contributed by atoms with E-state index < -0.39 is 23.5 Å². The van der Waals surface area contributed by atoms with Gasteiger partial charge < -0.3 is 9.84 Å². The van der Waals surface area contributed by atoms with E-state index >= 15 is 0 Å². The van der Waals surface area contributed by atoms with Gasteiger partial charge in [0.1, 0.15) is 11.5 Å². The predicted octanol–water partition coefficient (Wildman–Crippen LogP) is 1.62. The SMILES string of the molecule is CC1=CC(=O)[C@H](C(=O)/C=C\c2cccc(O)c2)C(=O)O1. The fourth-order valence-electron chi connectivity index (χ4n) is 1.81. The first-order chi connectivity index (χ1) is 9.47. The Bertz CT molecular complexity index is 639. The maximum absolute atomic E-state index is 11.9. The first-order valence-corrected chi connectivity index (χ1v) is 5.92. The summed E-state index contributed by atoms with van der Waals surface area (Å²) in [4.78, 5) is 35.1. The minimum atomic E-state index is -1.44. The third-order valence-electron chi connectivity index (χ3n) is 2.72. The third-order valence-corrected chi connectivity index (χ3v) is 2.72. The van der Waals surface area contributed by atoms with Gasteiger partial charge in [-0.15, -0.1) is 0 Å². The number of aromatic hydroxyl groups is 1. The van der Waals surface area contributed by atoms with Gasteiger partial charge in [-0.3, -0.25) is 14.4 Å². The van der Waals surface area contributed by atoms with Crippen LogP contribution in [0.4, 0.5) is 0 Å². The lowest BCUT2D eigenvalue weighted by molar-refractivity contribution is -0.151. The fraction of sp³-hybridized carbons (Fsp3) is 0.133. The molecule has 1 aromatic carbocycles. The zero-order chi connectivity index (χ0) is 14.7. The number of carbonyl (C=O) groups excluding carboxylic acids is 3. The number of carbonyl (C=O) groups is 3. The molecule has 20 heavy (non-hydrogen) atoms. The molecule has 0 bridgehead atoms. The lowest BCUT2D eigenvalue weighted by Gasteiger charge is -2.15. The van der Waals surface area contributed by atoms with E-state index in [0.29, 0.717) is 5.56 Å². The molecule has 0 unspecified atom stereocenters. The third kappa shape index (κ3) is 3.00. The molecule has 0 saturated heterocycles. The van der Waals surface area contributed by atoms with Gasteiger partial charge in [-0.2, -0.15) is 0 Å². The quantitative estimate of drug-likeness (QED) is 0.513. The predicted molar refractivity (Wildman–Crippen MR) is 70.5 cm³/mol. The number of hydrogen-bond donors (Lipinski definition) is 1. The van der Waals surface area contributed by atoms with Crippen molar-refractivity contribution in [2.24, 2.45) is 5.92 Å². The first kappa shape index (κ1) is 13.7. The standard InChI is InChI=1S/C15H12O5/c1-9-7-13(18)14(15(19)20-9)12(17)6-5-10-3-2-4-11(16)8-10/h2-8,14,16H,1H3/b6-5-/t14-/m0/s1.